The Kier molecular flexibility index (Phi) is 3.57. The fourth-order valence-electron chi connectivity index (χ4n) is 3.54. The van der Waals surface area contributed by atoms with Crippen LogP contribution in [0.25, 0.3) is 0 Å². The number of hydrogen-bond donors (Lipinski definition) is 2. The van der Waals surface area contributed by atoms with Gasteiger partial charge in [-0.25, -0.2) is 0 Å². The molecule has 118 valence electrons. The molecule has 1 aromatic heterocycles. The van der Waals surface area contributed by atoms with E-state index in [2.05, 4.69) is 16.5 Å². The molecule has 0 radical (unpaired) electrons. The first kappa shape index (κ1) is 14.9. The maximum absolute atomic E-state index is 11.5. The predicted molar refractivity (Wildman–Crippen MR) is 80.2 cm³/mol. The number of nitriles is 1. The van der Waals surface area contributed by atoms with Crippen LogP contribution in [0.1, 0.15) is 42.5 Å². The predicted octanol–water partition coefficient (Wildman–Crippen LogP) is 1.22. The molecule has 7 nitrogen and oxygen atoms in total. The van der Waals surface area contributed by atoms with Gasteiger partial charge in [0.15, 0.2) is 5.82 Å². The molecule has 3 rings (SSSR count). The fourth-order valence-corrected chi connectivity index (χ4v) is 3.54. The van der Waals surface area contributed by atoms with Crippen molar-refractivity contribution in [3.05, 3.63) is 11.8 Å². The molecule has 22 heavy (non-hydrogen) atoms. The summed E-state index contributed by atoms with van der Waals surface area (Å²) in [6.07, 6.45) is 5.85. The van der Waals surface area contributed by atoms with Gasteiger partial charge in [-0.15, -0.1) is 0 Å². The molecule has 7 heteroatoms. The lowest BCUT2D eigenvalue weighted by Gasteiger charge is -2.50. The summed E-state index contributed by atoms with van der Waals surface area (Å²) < 4.78 is 7.15. The maximum Gasteiger partial charge on any atom is 0.254 e. The van der Waals surface area contributed by atoms with E-state index in [9.17, 15) is 10.1 Å². The quantitative estimate of drug-likeness (QED) is 0.870. The van der Waals surface area contributed by atoms with Crippen molar-refractivity contribution in [2.45, 2.75) is 37.6 Å². The lowest BCUT2D eigenvalue weighted by atomic mass is 9.65. The normalized spacial score (nSPS) is 21.8. The molecular weight excluding hydrogens is 282 g/mol. The highest BCUT2D eigenvalue weighted by Gasteiger charge is 2.48. The van der Waals surface area contributed by atoms with Crippen LogP contribution >= 0.6 is 0 Å². The number of nitrogens with zero attached hydrogens (tertiary/aromatic N) is 3. The SMILES string of the molecule is CNc1nn(C2(CC#N)CCC3(CC2)COC3)cc1C(N)=O. The van der Waals surface area contributed by atoms with Gasteiger partial charge in [-0.3, -0.25) is 9.48 Å². The largest absolute Gasteiger partial charge is 0.380 e. The van der Waals surface area contributed by atoms with Crippen LogP contribution in [0, 0.1) is 16.7 Å². The summed E-state index contributed by atoms with van der Waals surface area (Å²) in [7, 11) is 1.71. The topological polar surface area (TPSA) is 106 Å². The zero-order valence-corrected chi connectivity index (χ0v) is 12.8. The van der Waals surface area contributed by atoms with E-state index in [4.69, 9.17) is 10.5 Å². The molecule has 2 fully saturated rings. The average Bonchev–Trinajstić information content (AvgIpc) is 2.92. The second-order valence-corrected chi connectivity index (χ2v) is 6.50. The van der Waals surface area contributed by atoms with Gasteiger partial charge in [-0.2, -0.15) is 10.4 Å². The number of amides is 1. The Bertz CT molecular complexity index is 616. The van der Waals surface area contributed by atoms with Gasteiger partial charge >= 0.3 is 0 Å². The maximum atomic E-state index is 11.5. The van der Waals surface area contributed by atoms with Crippen LogP contribution in [-0.2, 0) is 10.3 Å². The van der Waals surface area contributed by atoms with Crippen molar-refractivity contribution in [1.82, 2.24) is 9.78 Å². The molecule has 0 aromatic carbocycles. The first-order chi connectivity index (χ1) is 10.5. The standard InChI is InChI=1S/C15H21N5O2/c1-18-13-11(12(17)21)8-20(19-13)15(6-7-16)4-2-14(3-5-15)9-22-10-14/h8H,2-6,9-10H2,1H3,(H2,17,21)(H,18,19). The van der Waals surface area contributed by atoms with E-state index in [0.717, 1.165) is 38.9 Å². The minimum atomic E-state index is -0.512. The molecule has 0 atom stereocenters. The van der Waals surface area contributed by atoms with Crippen LogP contribution in [0.4, 0.5) is 5.82 Å². The summed E-state index contributed by atoms with van der Waals surface area (Å²) in [4.78, 5) is 11.5. The van der Waals surface area contributed by atoms with E-state index in [-0.39, 0.29) is 5.54 Å². The Balaban J connectivity index is 1.91. The molecule has 1 saturated heterocycles. The van der Waals surface area contributed by atoms with Crippen LogP contribution in [0.5, 0.6) is 0 Å². The number of hydrogen-bond acceptors (Lipinski definition) is 5. The molecule has 1 aliphatic heterocycles. The monoisotopic (exact) mass is 303 g/mol. The lowest BCUT2D eigenvalue weighted by molar-refractivity contribution is -0.144. The van der Waals surface area contributed by atoms with Gasteiger partial charge in [0.05, 0.1) is 31.2 Å². The van der Waals surface area contributed by atoms with Gasteiger partial charge in [-0.05, 0) is 25.7 Å². The van der Waals surface area contributed by atoms with Crippen molar-refractivity contribution in [2.24, 2.45) is 11.1 Å². The number of aromatic nitrogens is 2. The number of carbonyl (C=O) groups is 1. The van der Waals surface area contributed by atoms with Crippen LogP contribution in [0.15, 0.2) is 6.20 Å². The summed E-state index contributed by atoms with van der Waals surface area (Å²) in [5, 5.41) is 16.6. The number of nitrogens with one attached hydrogen (secondary N) is 1. The minimum absolute atomic E-state index is 0.296. The van der Waals surface area contributed by atoms with Crippen molar-refractivity contribution in [3.63, 3.8) is 0 Å². The lowest BCUT2D eigenvalue weighted by Crippen LogP contribution is -2.50. The third-order valence-electron chi connectivity index (χ3n) is 5.17. The Hall–Kier alpha value is -2.07. The van der Waals surface area contributed by atoms with Crippen LogP contribution in [0.3, 0.4) is 0 Å². The van der Waals surface area contributed by atoms with Crippen molar-refractivity contribution in [1.29, 1.82) is 5.26 Å². The summed E-state index contributed by atoms with van der Waals surface area (Å²) in [5.41, 5.74) is 5.72. The minimum Gasteiger partial charge on any atom is -0.380 e. The highest BCUT2D eigenvalue weighted by atomic mass is 16.5. The molecule has 3 N–H and O–H groups in total. The number of ether oxygens (including phenoxy) is 1. The van der Waals surface area contributed by atoms with Crippen LogP contribution in [-0.4, -0.2) is 35.9 Å². The Labute approximate surface area is 129 Å². The summed E-state index contributed by atoms with van der Waals surface area (Å²) in [5.74, 6) is -0.0422. The molecule has 1 amide bonds. The highest BCUT2D eigenvalue weighted by Crippen LogP contribution is 2.49. The molecule has 1 saturated carbocycles. The first-order valence-corrected chi connectivity index (χ1v) is 7.57. The molecular formula is C15H21N5O2. The van der Waals surface area contributed by atoms with Gasteiger partial charge in [-0.1, -0.05) is 0 Å². The molecule has 1 aromatic rings. The van der Waals surface area contributed by atoms with Crippen LogP contribution in [0.2, 0.25) is 0 Å². The zero-order valence-electron chi connectivity index (χ0n) is 12.8. The first-order valence-electron chi connectivity index (χ1n) is 7.57. The van der Waals surface area contributed by atoms with Crippen molar-refractivity contribution < 1.29 is 9.53 Å². The highest BCUT2D eigenvalue weighted by molar-refractivity contribution is 5.97. The number of rotatable bonds is 4. The van der Waals surface area contributed by atoms with Crippen molar-refractivity contribution in [2.75, 3.05) is 25.6 Å². The third kappa shape index (κ3) is 2.24. The number of primary amides is 1. The van der Waals surface area contributed by atoms with Gasteiger partial charge in [0.2, 0.25) is 0 Å². The summed E-state index contributed by atoms with van der Waals surface area (Å²) >= 11 is 0. The smallest absolute Gasteiger partial charge is 0.254 e. The Morgan fingerprint density at radius 1 is 1.50 bits per heavy atom. The number of anilines is 1. The fraction of sp³-hybridized carbons (Fsp3) is 0.667. The number of nitrogens with two attached hydrogens (primary N) is 1. The van der Waals surface area contributed by atoms with Gasteiger partial charge < -0.3 is 15.8 Å². The van der Waals surface area contributed by atoms with Crippen molar-refractivity contribution in [3.8, 4) is 6.07 Å². The van der Waals surface area contributed by atoms with E-state index >= 15 is 0 Å². The second-order valence-electron chi connectivity index (χ2n) is 6.50. The van der Waals surface area contributed by atoms with Gasteiger partial charge in [0.25, 0.3) is 5.91 Å². The van der Waals surface area contributed by atoms with Crippen LogP contribution < -0.4 is 11.1 Å². The zero-order chi connectivity index (χ0) is 15.8. The summed E-state index contributed by atoms with van der Waals surface area (Å²) in [6, 6.07) is 2.29. The van der Waals surface area contributed by atoms with Crippen molar-refractivity contribution >= 4 is 11.7 Å². The molecule has 0 unspecified atom stereocenters. The summed E-state index contributed by atoms with van der Waals surface area (Å²) in [6.45, 7) is 1.64. The van der Waals surface area contributed by atoms with Gasteiger partial charge in [0.1, 0.15) is 5.56 Å². The third-order valence-corrected chi connectivity index (χ3v) is 5.17. The average molecular weight is 303 g/mol. The van der Waals surface area contributed by atoms with E-state index in [1.54, 1.807) is 17.9 Å². The Morgan fingerprint density at radius 3 is 2.59 bits per heavy atom. The number of carbonyl (C=O) groups excluding carboxylic acids is 1. The molecule has 1 aliphatic carbocycles. The van der Waals surface area contributed by atoms with E-state index < -0.39 is 5.91 Å². The molecule has 2 heterocycles. The second kappa shape index (κ2) is 5.29. The molecule has 1 spiro atoms. The molecule has 0 bridgehead atoms. The molecule has 2 aliphatic rings. The Morgan fingerprint density at radius 2 is 2.18 bits per heavy atom. The van der Waals surface area contributed by atoms with E-state index in [1.807, 2.05) is 0 Å². The van der Waals surface area contributed by atoms with E-state index in [1.165, 1.54) is 0 Å². The van der Waals surface area contributed by atoms with E-state index in [0.29, 0.717) is 23.2 Å². The van der Waals surface area contributed by atoms with Gasteiger partial charge in [0, 0.05) is 18.7 Å².